The normalized spacial score (nSPS) is 18.0. The fraction of sp³-hybridized carbons (Fsp3) is 0.444. The van der Waals surface area contributed by atoms with Crippen molar-refractivity contribution in [2.75, 3.05) is 32.8 Å². The zero-order chi connectivity index (χ0) is 14.5. The largest absolute Gasteiger partial charge is 0.379 e. The van der Waals surface area contributed by atoms with E-state index in [2.05, 4.69) is 47.4 Å². The summed E-state index contributed by atoms with van der Waals surface area (Å²) in [5.41, 5.74) is 7.71. The van der Waals surface area contributed by atoms with E-state index < -0.39 is 0 Å². The Bertz CT molecular complexity index is 573. The standard InChI is InChI=1S/C18H24N2O/c19-18(9-4-10-20-11-13-21-14-12-20)17-8-3-6-15-5-1-2-7-16(15)17/h1-3,5-8,18H,4,9-14,19H2. The molecule has 1 aliphatic heterocycles. The zero-order valence-electron chi connectivity index (χ0n) is 12.5. The van der Waals surface area contributed by atoms with Crippen LogP contribution in [0.2, 0.25) is 0 Å². The molecule has 21 heavy (non-hydrogen) atoms. The van der Waals surface area contributed by atoms with Gasteiger partial charge in [-0.25, -0.2) is 0 Å². The fourth-order valence-electron chi connectivity index (χ4n) is 3.09. The van der Waals surface area contributed by atoms with Gasteiger partial charge in [-0.2, -0.15) is 0 Å². The molecule has 0 amide bonds. The van der Waals surface area contributed by atoms with Crippen LogP contribution in [-0.4, -0.2) is 37.7 Å². The van der Waals surface area contributed by atoms with Gasteiger partial charge in [-0.15, -0.1) is 0 Å². The lowest BCUT2D eigenvalue weighted by molar-refractivity contribution is 0.0370. The number of benzene rings is 2. The van der Waals surface area contributed by atoms with E-state index in [0.717, 1.165) is 45.7 Å². The van der Waals surface area contributed by atoms with Gasteiger partial charge in [-0.3, -0.25) is 4.90 Å². The van der Waals surface area contributed by atoms with E-state index >= 15 is 0 Å². The summed E-state index contributed by atoms with van der Waals surface area (Å²) in [5.74, 6) is 0. The number of rotatable bonds is 5. The van der Waals surface area contributed by atoms with Crippen LogP contribution in [0.15, 0.2) is 42.5 Å². The molecule has 0 saturated carbocycles. The molecule has 112 valence electrons. The highest BCUT2D eigenvalue weighted by Crippen LogP contribution is 2.25. The Balaban J connectivity index is 1.60. The van der Waals surface area contributed by atoms with E-state index in [-0.39, 0.29) is 6.04 Å². The maximum Gasteiger partial charge on any atom is 0.0594 e. The van der Waals surface area contributed by atoms with Gasteiger partial charge >= 0.3 is 0 Å². The molecule has 1 saturated heterocycles. The van der Waals surface area contributed by atoms with Gasteiger partial charge in [0, 0.05) is 19.1 Å². The summed E-state index contributed by atoms with van der Waals surface area (Å²) in [5, 5.41) is 2.57. The van der Waals surface area contributed by atoms with Crippen LogP contribution >= 0.6 is 0 Å². The third-order valence-electron chi connectivity index (χ3n) is 4.32. The number of nitrogens with zero attached hydrogens (tertiary/aromatic N) is 1. The van der Waals surface area contributed by atoms with Crippen LogP contribution in [0.5, 0.6) is 0 Å². The summed E-state index contributed by atoms with van der Waals surface area (Å²) in [6.45, 7) is 4.99. The number of hydrogen-bond donors (Lipinski definition) is 1. The molecule has 1 unspecified atom stereocenters. The summed E-state index contributed by atoms with van der Waals surface area (Å²) in [7, 11) is 0. The molecule has 1 aliphatic rings. The molecule has 1 heterocycles. The molecule has 3 rings (SSSR count). The predicted molar refractivity (Wildman–Crippen MR) is 87.4 cm³/mol. The number of hydrogen-bond acceptors (Lipinski definition) is 3. The third-order valence-corrected chi connectivity index (χ3v) is 4.32. The average molecular weight is 284 g/mol. The van der Waals surface area contributed by atoms with Crippen LogP contribution < -0.4 is 5.73 Å². The first-order valence-corrected chi connectivity index (χ1v) is 7.88. The minimum atomic E-state index is 0.122. The first-order chi connectivity index (χ1) is 10.3. The van der Waals surface area contributed by atoms with Gasteiger partial charge in [0.2, 0.25) is 0 Å². The summed E-state index contributed by atoms with van der Waals surface area (Å²) < 4.78 is 5.38. The average Bonchev–Trinajstić information content (AvgIpc) is 2.55. The van der Waals surface area contributed by atoms with Crippen molar-refractivity contribution in [2.45, 2.75) is 18.9 Å². The number of ether oxygens (including phenoxy) is 1. The summed E-state index contributed by atoms with van der Waals surface area (Å²) in [6, 6.07) is 15.0. The van der Waals surface area contributed by atoms with E-state index in [1.54, 1.807) is 0 Å². The Hall–Kier alpha value is -1.42. The van der Waals surface area contributed by atoms with Gasteiger partial charge in [0.1, 0.15) is 0 Å². The van der Waals surface area contributed by atoms with E-state index in [9.17, 15) is 0 Å². The summed E-state index contributed by atoms with van der Waals surface area (Å²) >= 11 is 0. The minimum Gasteiger partial charge on any atom is -0.379 e. The molecule has 0 radical (unpaired) electrons. The number of morpholine rings is 1. The highest BCUT2D eigenvalue weighted by molar-refractivity contribution is 5.86. The Labute approximate surface area is 126 Å². The van der Waals surface area contributed by atoms with E-state index in [4.69, 9.17) is 10.5 Å². The van der Waals surface area contributed by atoms with Crippen molar-refractivity contribution in [3.05, 3.63) is 48.0 Å². The second-order valence-electron chi connectivity index (χ2n) is 5.77. The Morgan fingerprint density at radius 2 is 1.81 bits per heavy atom. The van der Waals surface area contributed by atoms with Gasteiger partial charge in [-0.05, 0) is 35.7 Å². The lowest BCUT2D eigenvalue weighted by atomic mass is 9.96. The minimum absolute atomic E-state index is 0.122. The molecule has 0 bridgehead atoms. The summed E-state index contributed by atoms with van der Waals surface area (Å²) in [6.07, 6.45) is 2.18. The maximum atomic E-state index is 6.43. The topological polar surface area (TPSA) is 38.5 Å². The van der Waals surface area contributed by atoms with E-state index in [1.165, 1.54) is 16.3 Å². The van der Waals surface area contributed by atoms with Gasteiger partial charge in [0.15, 0.2) is 0 Å². The van der Waals surface area contributed by atoms with Crippen molar-refractivity contribution in [1.29, 1.82) is 0 Å². The van der Waals surface area contributed by atoms with E-state index in [0.29, 0.717) is 0 Å². The van der Waals surface area contributed by atoms with Crippen molar-refractivity contribution < 1.29 is 4.74 Å². The Morgan fingerprint density at radius 1 is 1.05 bits per heavy atom. The first-order valence-electron chi connectivity index (χ1n) is 7.88. The van der Waals surface area contributed by atoms with Crippen molar-refractivity contribution in [1.82, 2.24) is 4.90 Å². The first kappa shape index (κ1) is 14.5. The SMILES string of the molecule is NC(CCCN1CCOCC1)c1cccc2ccccc12. The monoisotopic (exact) mass is 284 g/mol. The van der Waals surface area contributed by atoms with Crippen LogP contribution in [0.25, 0.3) is 10.8 Å². The van der Waals surface area contributed by atoms with Crippen molar-refractivity contribution in [2.24, 2.45) is 5.73 Å². The fourth-order valence-corrected chi connectivity index (χ4v) is 3.09. The van der Waals surface area contributed by atoms with E-state index in [1.807, 2.05) is 0 Å². The van der Waals surface area contributed by atoms with Crippen LogP contribution in [0, 0.1) is 0 Å². The van der Waals surface area contributed by atoms with Gasteiger partial charge < -0.3 is 10.5 Å². The van der Waals surface area contributed by atoms with Gasteiger partial charge in [0.05, 0.1) is 13.2 Å². The van der Waals surface area contributed by atoms with Crippen molar-refractivity contribution in [3.8, 4) is 0 Å². The highest BCUT2D eigenvalue weighted by atomic mass is 16.5. The lowest BCUT2D eigenvalue weighted by Gasteiger charge is -2.27. The molecular weight excluding hydrogens is 260 g/mol. The second-order valence-corrected chi connectivity index (χ2v) is 5.77. The summed E-state index contributed by atoms with van der Waals surface area (Å²) in [4.78, 5) is 2.47. The molecule has 0 aromatic heterocycles. The Morgan fingerprint density at radius 3 is 2.67 bits per heavy atom. The van der Waals surface area contributed by atoms with Crippen LogP contribution in [0.1, 0.15) is 24.4 Å². The number of fused-ring (bicyclic) bond motifs is 1. The predicted octanol–water partition coefficient (Wildman–Crippen LogP) is 2.95. The van der Waals surface area contributed by atoms with Crippen LogP contribution in [0.3, 0.4) is 0 Å². The Kier molecular flexibility index (Phi) is 4.86. The maximum absolute atomic E-state index is 6.43. The van der Waals surface area contributed by atoms with Crippen molar-refractivity contribution >= 4 is 10.8 Å². The molecule has 2 N–H and O–H groups in total. The molecule has 0 aliphatic carbocycles. The van der Waals surface area contributed by atoms with Crippen LogP contribution in [-0.2, 0) is 4.74 Å². The molecule has 1 fully saturated rings. The molecule has 2 aromatic carbocycles. The van der Waals surface area contributed by atoms with Gasteiger partial charge in [0.25, 0.3) is 0 Å². The molecular formula is C18H24N2O. The lowest BCUT2D eigenvalue weighted by Crippen LogP contribution is -2.37. The molecule has 1 atom stereocenters. The molecule has 2 aromatic rings. The zero-order valence-corrected chi connectivity index (χ0v) is 12.5. The third kappa shape index (κ3) is 3.62. The number of nitrogens with two attached hydrogens (primary N) is 1. The van der Waals surface area contributed by atoms with Crippen molar-refractivity contribution in [3.63, 3.8) is 0 Å². The molecule has 3 heteroatoms. The smallest absolute Gasteiger partial charge is 0.0594 e. The molecule has 0 spiro atoms. The quantitative estimate of drug-likeness (QED) is 0.917. The van der Waals surface area contributed by atoms with Gasteiger partial charge in [-0.1, -0.05) is 42.5 Å². The molecule has 3 nitrogen and oxygen atoms in total. The second kappa shape index (κ2) is 7.03. The van der Waals surface area contributed by atoms with Crippen LogP contribution in [0.4, 0.5) is 0 Å². The highest BCUT2D eigenvalue weighted by Gasteiger charge is 2.12.